The topological polar surface area (TPSA) is 43.0 Å². The summed E-state index contributed by atoms with van der Waals surface area (Å²) in [6, 6.07) is 2.59. The van der Waals surface area contributed by atoms with Crippen LogP contribution >= 0.6 is 0 Å². The van der Waals surface area contributed by atoms with Crippen molar-refractivity contribution in [1.29, 1.82) is 0 Å². The van der Waals surface area contributed by atoms with Gasteiger partial charge in [0.1, 0.15) is 11.5 Å². The zero-order valence-corrected chi connectivity index (χ0v) is 15.1. The summed E-state index contributed by atoms with van der Waals surface area (Å²) in [5.41, 5.74) is 3.57. The third-order valence-electron chi connectivity index (χ3n) is 4.14. The molecule has 2 aromatic heterocycles. The normalized spacial score (nSPS) is 15.1. The Morgan fingerprint density at radius 3 is 2.14 bits per heavy atom. The van der Waals surface area contributed by atoms with Crippen LogP contribution in [0, 0.1) is 20.8 Å². The maximum absolute atomic E-state index is 5.64. The van der Waals surface area contributed by atoms with Gasteiger partial charge in [-0.1, -0.05) is 0 Å². The van der Waals surface area contributed by atoms with Crippen molar-refractivity contribution in [3.63, 3.8) is 0 Å². The Morgan fingerprint density at radius 2 is 1.68 bits per heavy atom. The summed E-state index contributed by atoms with van der Waals surface area (Å²) in [5.74, 6) is 1.96. The molecule has 22 heavy (non-hydrogen) atoms. The lowest BCUT2D eigenvalue weighted by Crippen LogP contribution is -2.23. The van der Waals surface area contributed by atoms with E-state index in [1.54, 1.807) is 0 Å². The predicted octanol–water partition coefficient (Wildman–Crippen LogP) is 4.57. The van der Waals surface area contributed by atoms with E-state index in [0.29, 0.717) is 0 Å². The number of aromatic nitrogens is 2. The van der Waals surface area contributed by atoms with Crippen LogP contribution in [0.2, 0.25) is 0 Å². The van der Waals surface area contributed by atoms with E-state index in [-0.39, 0.29) is 17.6 Å². The van der Waals surface area contributed by atoms with Crippen molar-refractivity contribution in [2.45, 2.75) is 73.0 Å². The molecular weight excluding hydrogens is 274 g/mol. The zero-order chi connectivity index (χ0) is 16.7. The average molecular weight is 303 g/mol. The summed E-state index contributed by atoms with van der Waals surface area (Å²) in [4.78, 5) is 0. The fraction of sp³-hybridized carbons (Fsp3) is 0.611. The van der Waals surface area contributed by atoms with Crippen molar-refractivity contribution in [2.75, 3.05) is 0 Å². The summed E-state index contributed by atoms with van der Waals surface area (Å²) in [6.07, 6.45) is 2.16. The lowest BCUT2D eigenvalue weighted by molar-refractivity contribution is 0.353. The molecule has 2 aromatic rings. The summed E-state index contributed by atoms with van der Waals surface area (Å²) in [7, 11) is 0. The van der Waals surface area contributed by atoms with Crippen LogP contribution in [0.15, 0.2) is 16.7 Å². The van der Waals surface area contributed by atoms with Crippen LogP contribution in [0.25, 0.3) is 0 Å². The van der Waals surface area contributed by atoms with Gasteiger partial charge < -0.3 is 9.73 Å². The molecule has 0 saturated carbocycles. The summed E-state index contributed by atoms with van der Waals surface area (Å²) < 4.78 is 7.69. The maximum Gasteiger partial charge on any atom is 0.105 e. The lowest BCUT2D eigenvalue weighted by Gasteiger charge is -2.20. The van der Waals surface area contributed by atoms with Gasteiger partial charge in [-0.25, -0.2) is 0 Å². The first-order chi connectivity index (χ1) is 10.1. The van der Waals surface area contributed by atoms with Crippen LogP contribution in [-0.4, -0.2) is 9.78 Å². The molecule has 0 amide bonds. The van der Waals surface area contributed by atoms with E-state index in [4.69, 9.17) is 4.42 Å². The highest BCUT2D eigenvalue weighted by Crippen LogP contribution is 2.26. The second-order valence-corrected chi connectivity index (χ2v) is 7.26. The van der Waals surface area contributed by atoms with Crippen LogP contribution in [0.5, 0.6) is 0 Å². The molecule has 0 saturated heterocycles. The number of rotatable bonds is 4. The molecule has 0 aromatic carbocycles. The maximum atomic E-state index is 5.64. The van der Waals surface area contributed by atoms with Crippen LogP contribution in [0.4, 0.5) is 0 Å². The molecule has 1 N–H and O–H groups in total. The zero-order valence-electron chi connectivity index (χ0n) is 15.1. The van der Waals surface area contributed by atoms with E-state index in [2.05, 4.69) is 64.2 Å². The summed E-state index contributed by atoms with van der Waals surface area (Å²) >= 11 is 0. The standard InChI is InChI=1S/C18H29N3O/c1-11-9-16(15(5)22-11)12(2)19-13(3)17-10-21(18(6,7)8)20-14(17)4/h9-10,12-13,19H,1-8H3. The number of nitrogens with zero attached hydrogens (tertiary/aromatic N) is 2. The number of hydrogen-bond acceptors (Lipinski definition) is 3. The largest absolute Gasteiger partial charge is 0.466 e. The lowest BCUT2D eigenvalue weighted by atomic mass is 10.0. The number of nitrogens with one attached hydrogen (secondary N) is 1. The Labute approximate surface area is 133 Å². The van der Waals surface area contributed by atoms with E-state index in [9.17, 15) is 0 Å². The fourth-order valence-electron chi connectivity index (χ4n) is 2.88. The Bertz CT molecular complexity index is 646. The molecule has 0 aliphatic heterocycles. The number of furan rings is 1. The van der Waals surface area contributed by atoms with Gasteiger partial charge >= 0.3 is 0 Å². The van der Waals surface area contributed by atoms with Crippen molar-refractivity contribution in [2.24, 2.45) is 0 Å². The summed E-state index contributed by atoms with van der Waals surface area (Å²) in [5, 5.41) is 8.32. The molecule has 0 aliphatic rings. The Hall–Kier alpha value is -1.55. The molecule has 4 nitrogen and oxygen atoms in total. The highest BCUT2D eigenvalue weighted by Gasteiger charge is 2.21. The van der Waals surface area contributed by atoms with Crippen LogP contribution in [0.1, 0.15) is 75.0 Å². The first-order valence-electron chi connectivity index (χ1n) is 7.99. The van der Waals surface area contributed by atoms with Gasteiger partial charge in [0.2, 0.25) is 0 Å². The highest BCUT2D eigenvalue weighted by molar-refractivity contribution is 5.25. The Morgan fingerprint density at radius 1 is 1.09 bits per heavy atom. The van der Waals surface area contributed by atoms with Crippen molar-refractivity contribution in [3.8, 4) is 0 Å². The van der Waals surface area contributed by atoms with Crippen molar-refractivity contribution in [1.82, 2.24) is 15.1 Å². The third-order valence-corrected chi connectivity index (χ3v) is 4.14. The van der Waals surface area contributed by atoms with Crippen LogP contribution < -0.4 is 5.32 Å². The van der Waals surface area contributed by atoms with E-state index < -0.39 is 0 Å². The second kappa shape index (κ2) is 5.92. The molecule has 0 spiro atoms. The van der Waals surface area contributed by atoms with Crippen LogP contribution in [0.3, 0.4) is 0 Å². The van der Waals surface area contributed by atoms with Gasteiger partial charge in [0.05, 0.1) is 11.2 Å². The van der Waals surface area contributed by atoms with Crippen LogP contribution in [-0.2, 0) is 5.54 Å². The van der Waals surface area contributed by atoms with Gasteiger partial charge in [-0.2, -0.15) is 5.10 Å². The van der Waals surface area contributed by atoms with Crippen molar-refractivity contribution < 1.29 is 4.42 Å². The monoisotopic (exact) mass is 303 g/mol. The van der Waals surface area contributed by atoms with Crippen molar-refractivity contribution >= 4 is 0 Å². The molecule has 2 rings (SSSR count). The summed E-state index contributed by atoms with van der Waals surface area (Å²) in [6.45, 7) is 17.0. The van der Waals surface area contributed by atoms with Gasteiger partial charge in [0.15, 0.2) is 0 Å². The minimum absolute atomic E-state index is 0.00655. The number of hydrogen-bond donors (Lipinski definition) is 1. The van der Waals surface area contributed by atoms with E-state index in [0.717, 1.165) is 17.2 Å². The molecule has 2 heterocycles. The molecule has 4 heteroatoms. The van der Waals surface area contributed by atoms with Gasteiger partial charge in [-0.3, -0.25) is 4.68 Å². The van der Waals surface area contributed by atoms with Gasteiger partial charge in [-0.05, 0) is 61.5 Å². The second-order valence-electron chi connectivity index (χ2n) is 7.26. The fourth-order valence-corrected chi connectivity index (χ4v) is 2.88. The molecule has 2 atom stereocenters. The third kappa shape index (κ3) is 3.43. The quantitative estimate of drug-likeness (QED) is 0.900. The minimum atomic E-state index is 0.00655. The molecule has 0 aliphatic carbocycles. The van der Waals surface area contributed by atoms with E-state index >= 15 is 0 Å². The molecule has 2 unspecified atom stereocenters. The average Bonchev–Trinajstić information content (AvgIpc) is 2.91. The smallest absolute Gasteiger partial charge is 0.105 e. The Balaban J connectivity index is 2.17. The van der Waals surface area contributed by atoms with Crippen molar-refractivity contribution in [3.05, 3.63) is 40.6 Å². The van der Waals surface area contributed by atoms with Gasteiger partial charge in [-0.15, -0.1) is 0 Å². The SMILES string of the molecule is Cc1cc(C(C)NC(C)c2cn(C(C)(C)C)nc2C)c(C)o1. The minimum Gasteiger partial charge on any atom is -0.466 e. The first-order valence-corrected chi connectivity index (χ1v) is 7.99. The highest BCUT2D eigenvalue weighted by atomic mass is 16.3. The predicted molar refractivity (Wildman–Crippen MR) is 90.1 cm³/mol. The van der Waals surface area contributed by atoms with Gasteiger partial charge in [0, 0.05) is 29.4 Å². The molecular formula is C18H29N3O. The van der Waals surface area contributed by atoms with E-state index in [1.807, 2.05) is 18.5 Å². The molecule has 0 fully saturated rings. The van der Waals surface area contributed by atoms with Gasteiger partial charge in [0.25, 0.3) is 0 Å². The molecule has 0 bridgehead atoms. The number of aryl methyl sites for hydroxylation is 3. The molecule has 0 radical (unpaired) electrons. The molecule has 122 valence electrons. The Kier molecular flexibility index (Phi) is 4.52. The van der Waals surface area contributed by atoms with E-state index in [1.165, 1.54) is 11.1 Å². The first kappa shape index (κ1) is 16.8.